The highest BCUT2D eigenvalue weighted by atomic mass is 16.7. The molecule has 0 aliphatic carbocycles. The van der Waals surface area contributed by atoms with E-state index in [0.29, 0.717) is 28.2 Å². The quantitative estimate of drug-likeness (QED) is 0.498. The zero-order valence-electron chi connectivity index (χ0n) is 16.0. The number of Topliss-reactive ketones (excluding diaryl/α,β-unsaturated/α-hetero) is 1. The van der Waals surface area contributed by atoms with Gasteiger partial charge in [0, 0.05) is 28.7 Å². The second-order valence-corrected chi connectivity index (χ2v) is 7.00. The summed E-state index contributed by atoms with van der Waals surface area (Å²) in [5, 5.41) is 0. The van der Waals surface area contributed by atoms with Crippen LogP contribution in [0.25, 0.3) is 16.8 Å². The Labute approximate surface area is 165 Å². The Hall–Kier alpha value is -3.74. The number of nitrogens with zero attached hydrogens (tertiary/aromatic N) is 2. The number of para-hydroxylation sites is 2. The van der Waals surface area contributed by atoms with Gasteiger partial charge in [-0.15, -0.1) is 0 Å². The summed E-state index contributed by atoms with van der Waals surface area (Å²) in [6.45, 7) is 3.95. The monoisotopic (exact) mass is 390 g/mol. The molecule has 1 aliphatic rings. The lowest BCUT2D eigenvalue weighted by atomic mass is 10.1. The molecular weight excluding hydrogens is 372 g/mol. The summed E-state index contributed by atoms with van der Waals surface area (Å²) in [4.78, 5) is 25.3. The van der Waals surface area contributed by atoms with Crippen molar-refractivity contribution >= 4 is 16.9 Å². The predicted octanol–water partition coefficient (Wildman–Crippen LogP) is 3.61. The van der Waals surface area contributed by atoms with E-state index >= 15 is 0 Å². The van der Waals surface area contributed by atoms with Gasteiger partial charge in [0.1, 0.15) is 0 Å². The van der Waals surface area contributed by atoms with Crippen molar-refractivity contribution in [3.8, 4) is 17.2 Å². The van der Waals surface area contributed by atoms with Crippen LogP contribution in [0.1, 0.15) is 21.7 Å². The average molecular weight is 390 g/mol. The molecule has 4 aromatic rings. The van der Waals surface area contributed by atoms with Gasteiger partial charge in [-0.25, -0.2) is 4.79 Å². The number of aryl methyl sites for hydroxylation is 1. The molecule has 0 radical (unpaired) electrons. The molecule has 146 valence electrons. The number of hydrogen-bond acceptors (Lipinski definition) is 5. The van der Waals surface area contributed by atoms with Gasteiger partial charge in [-0.1, -0.05) is 12.1 Å². The lowest BCUT2D eigenvalue weighted by Crippen LogP contribution is -2.20. The summed E-state index contributed by atoms with van der Waals surface area (Å²) in [5.41, 5.74) is 4.24. The van der Waals surface area contributed by atoms with Crippen LogP contribution in [0.5, 0.6) is 11.5 Å². The van der Waals surface area contributed by atoms with Crippen molar-refractivity contribution in [2.24, 2.45) is 0 Å². The maximum atomic E-state index is 13.1. The van der Waals surface area contributed by atoms with Gasteiger partial charge < -0.3 is 18.5 Å². The van der Waals surface area contributed by atoms with E-state index in [4.69, 9.17) is 13.9 Å². The van der Waals surface area contributed by atoms with Gasteiger partial charge in [-0.2, -0.15) is 0 Å². The highest BCUT2D eigenvalue weighted by molar-refractivity contribution is 5.98. The highest BCUT2D eigenvalue weighted by Gasteiger charge is 2.21. The smallest absolute Gasteiger partial charge is 0.420 e. The lowest BCUT2D eigenvalue weighted by molar-refractivity contribution is 0.0970. The Kier molecular flexibility index (Phi) is 3.84. The van der Waals surface area contributed by atoms with E-state index in [1.807, 2.05) is 48.7 Å². The number of fused-ring (bicyclic) bond motifs is 2. The minimum atomic E-state index is -0.538. The summed E-state index contributed by atoms with van der Waals surface area (Å²) in [7, 11) is 0. The third kappa shape index (κ3) is 2.74. The number of rotatable bonds is 4. The molecule has 3 heterocycles. The Bertz CT molecular complexity index is 1320. The maximum absolute atomic E-state index is 13.1. The van der Waals surface area contributed by atoms with E-state index in [0.717, 1.165) is 17.1 Å². The van der Waals surface area contributed by atoms with E-state index in [1.54, 1.807) is 18.2 Å². The van der Waals surface area contributed by atoms with Gasteiger partial charge in [0.05, 0.1) is 12.1 Å². The molecule has 0 saturated carbocycles. The van der Waals surface area contributed by atoms with Gasteiger partial charge in [-0.05, 0) is 44.2 Å². The molecule has 0 N–H and O–H groups in total. The zero-order chi connectivity index (χ0) is 20.1. The molecule has 0 atom stereocenters. The van der Waals surface area contributed by atoms with Crippen molar-refractivity contribution in [1.82, 2.24) is 9.13 Å². The fourth-order valence-electron chi connectivity index (χ4n) is 3.86. The summed E-state index contributed by atoms with van der Waals surface area (Å²) in [6.07, 6.45) is 0. The van der Waals surface area contributed by atoms with Crippen molar-refractivity contribution in [1.29, 1.82) is 0 Å². The van der Waals surface area contributed by atoms with Crippen molar-refractivity contribution in [3.05, 3.63) is 76.0 Å². The van der Waals surface area contributed by atoms with E-state index < -0.39 is 5.76 Å². The average Bonchev–Trinajstić information content (AvgIpc) is 3.38. The van der Waals surface area contributed by atoms with Gasteiger partial charge in [0.2, 0.25) is 6.79 Å². The first-order chi connectivity index (χ1) is 14.0. The van der Waals surface area contributed by atoms with Crippen molar-refractivity contribution < 1.29 is 18.7 Å². The Balaban J connectivity index is 1.52. The summed E-state index contributed by atoms with van der Waals surface area (Å²) in [5.74, 6) is 0.695. The number of carbonyl (C=O) groups excluding carboxylic acids is 1. The molecule has 7 nitrogen and oxygen atoms in total. The highest BCUT2D eigenvalue weighted by Crippen LogP contribution is 2.35. The van der Waals surface area contributed by atoms with Gasteiger partial charge >= 0.3 is 5.76 Å². The van der Waals surface area contributed by atoms with E-state index in [-0.39, 0.29) is 19.1 Å². The predicted molar refractivity (Wildman–Crippen MR) is 106 cm³/mol. The van der Waals surface area contributed by atoms with Gasteiger partial charge in [0.15, 0.2) is 22.9 Å². The summed E-state index contributed by atoms with van der Waals surface area (Å²) < 4.78 is 19.4. The van der Waals surface area contributed by atoms with Crippen LogP contribution < -0.4 is 15.2 Å². The van der Waals surface area contributed by atoms with Crippen molar-refractivity contribution in [2.45, 2.75) is 20.4 Å². The first-order valence-corrected chi connectivity index (χ1v) is 9.23. The largest absolute Gasteiger partial charge is 0.454 e. The van der Waals surface area contributed by atoms with Crippen LogP contribution in [-0.2, 0) is 6.54 Å². The molecule has 0 saturated heterocycles. The van der Waals surface area contributed by atoms with Crippen molar-refractivity contribution in [3.63, 3.8) is 0 Å². The SMILES string of the molecule is Cc1cc(C(=O)Cn2c(=O)oc3ccccc32)c(C)n1-c1ccc2c(c1)OCO2. The second-order valence-electron chi connectivity index (χ2n) is 7.00. The van der Waals surface area contributed by atoms with Gasteiger partial charge in [-0.3, -0.25) is 9.36 Å². The molecule has 7 heteroatoms. The zero-order valence-corrected chi connectivity index (χ0v) is 16.0. The number of aromatic nitrogens is 2. The molecule has 2 aromatic carbocycles. The number of ether oxygens (including phenoxy) is 2. The van der Waals surface area contributed by atoms with Gasteiger partial charge in [0.25, 0.3) is 0 Å². The Morgan fingerprint density at radius 1 is 1.03 bits per heavy atom. The second kappa shape index (κ2) is 6.41. The molecule has 5 rings (SSSR count). The minimum absolute atomic E-state index is 0.0821. The normalized spacial score (nSPS) is 12.6. The number of ketones is 1. The first-order valence-electron chi connectivity index (χ1n) is 9.23. The van der Waals surface area contributed by atoms with Crippen LogP contribution in [0.3, 0.4) is 0 Å². The molecule has 29 heavy (non-hydrogen) atoms. The van der Waals surface area contributed by atoms with Crippen LogP contribution >= 0.6 is 0 Å². The number of carbonyl (C=O) groups is 1. The molecular formula is C22H18N2O5. The molecule has 2 aromatic heterocycles. The number of oxazole rings is 1. The molecule has 0 amide bonds. The van der Waals surface area contributed by atoms with Crippen LogP contribution in [-0.4, -0.2) is 21.7 Å². The molecule has 1 aliphatic heterocycles. The Morgan fingerprint density at radius 2 is 1.83 bits per heavy atom. The van der Waals surface area contributed by atoms with Crippen molar-refractivity contribution in [2.75, 3.05) is 6.79 Å². The third-order valence-electron chi connectivity index (χ3n) is 5.22. The van der Waals surface area contributed by atoms with Crippen LogP contribution in [0, 0.1) is 13.8 Å². The van der Waals surface area contributed by atoms with Crippen LogP contribution in [0.4, 0.5) is 0 Å². The maximum Gasteiger partial charge on any atom is 0.420 e. The summed E-state index contributed by atoms with van der Waals surface area (Å²) >= 11 is 0. The van der Waals surface area contributed by atoms with Crippen LogP contribution in [0.15, 0.2) is 57.7 Å². The summed E-state index contributed by atoms with van der Waals surface area (Å²) in [6, 6.07) is 14.6. The number of hydrogen-bond donors (Lipinski definition) is 0. The fourth-order valence-corrected chi connectivity index (χ4v) is 3.86. The first kappa shape index (κ1) is 17.4. The fraction of sp³-hybridized carbons (Fsp3) is 0.182. The third-order valence-corrected chi connectivity index (χ3v) is 5.22. The molecule has 0 unspecified atom stereocenters. The van der Waals surface area contributed by atoms with E-state index in [1.165, 1.54) is 4.57 Å². The van der Waals surface area contributed by atoms with E-state index in [9.17, 15) is 9.59 Å². The molecule has 0 bridgehead atoms. The van der Waals surface area contributed by atoms with E-state index in [2.05, 4.69) is 0 Å². The minimum Gasteiger partial charge on any atom is -0.454 e. The number of benzene rings is 2. The Morgan fingerprint density at radius 3 is 2.69 bits per heavy atom. The topological polar surface area (TPSA) is 75.6 Å². The lowest BCUT2D eigenvalue weighted by Gasteiger charge is -2.11. The van der Waals surface area contributed by atoms with Crippen LogP contribution in [0.2, 0.25) is 0 Å². The molecule has 0 fully saturated rings. The molecule has 0 spiro atoms. The standard InChI is InChI=1S/C22H18N2O5/c1-13-9-16(14(2)24(13)15-7-8-20-21(10-15)28-12-27-20)18(25)11-23-17-5-3-4-6-19(17)29-22(23)26/h3-10H,11-12H2,1-2H3.